The summed E-state index contributed by atoms with van der Waals surface area (Å²) in [5.41, 5.74) is 12.5. The highest BCUT2D eigenvalue weighted by Gasteiger charge is 2.17. The van der Waals surface area contributed by atoms with Crippen molar-refractivity contribution in [2.75, 3.05) is 0 Å². The molecule has 32 heavy (non-hydrogen) atoms. The molecule has 0 aliphatic heterocycles. The number of aryl methyl sites for hydroxylation is 2. The number of carbonyl (C=O) groups excluding carboxylic acids is 2. The summed E-state index contributed by atoms with van der Waals surface area (Å²) >= 11 is 0. The van der Waals surface area contributed by atoms with Gasteiger partial charge in [0.15, 0.2) is 0 Å². The average molecular weight is 431 g/mol. The summed E-state index contributed by atoms with van der Waals surface area (Å²) in [5.74, 6) is -1.05. The Morgan fingerprint density at radius 3 is 1.81 bits per heavy atom. The second-order valence-corrected chi connectivity index (χ2v) is 7.93. The van der Waals surface area contributed by atoms with Crippen LogP contribution in [0.1, 0.15) is 35.1 Å². The Labute approximate surface area is 189 Å². The Bertz CT molecular complexity index is 973. The fourth-order valence-electron chi connectivity index (χ4n) is 3.48. The van der Waals surface area contributed by atoms with Crippen molar-refractivity contribution in [1.29, 1.82) is 0 Å². The highest BCUT2D eigenvalue weighted by molar-refractivity contribution is 5.81. The Morgan fingerprint density at radius 1 is 0.719 bits per heavy atom. The molecule has 3 aromatic carbocycles. The molecular formula is C27H30N2O3. The molecule has 0 heterocycles. The Balaban J connectivity index is 1.34. The fraction of sp³-hybridized carbons (Fsp3) is 0.259. The second-order valence-electron chi connectivity index (χ2n) is 7.93. The van der Waals surface area contributed by atoms with Gasteiger partial charge in [0, 0.05) is 0 Å². The number of nitrogens with one attached hydrogen (secondary N) is 1. The third kappa shape index (κ3) is 8.00. The zero-order chi connectivity index (χ0) is 22.6. The third-order valence-corrected chi connectivity index (χ3v) is 5.28. The van der Waals surface area contributed by atoms with E-state index >= 15 is 0 Å². The molecule has 3 rings (SSSR count). The first kappa shape index (κ1) is 23.2. The predicted molar refractivity (Wildman–Crippen MR) is 126 cm³/mol. The molecule has 0 saturated carbocycles. The van der Waals surface area contributed by atoms with Gasteiger partial charge >= 0.3 is 5.97 Å². The van der Waals surface area contributed by atoms with Gasteiger partial charge in [-0.25, -0.2) is 4.79 Å². The maximum Gasteiger partial charge on any atom is 0.349 e. The molecule has 0 radical (unpaired) electrons. The van der Waals surface area contributed by atoms with Crippen molar-refractivity contribution in [3.8, 4) is 0 Å². The minimum atomic E-state index is -0.834. The third-order valence-electron chi connectivity index (χ3n) is 5.28. The van der Waals surface area contributed by atoms with E-state index in [-0.39, 0.29) is 12.3 Å². The van der Waals surface area contributed by atoms with Crippen LogP contribution in [0.2, 0.25) is 0 Å². The van der Waals surface area contributed by atoms with E-state index in [1.54, 1.807) is 0 Å². The molecule has 1 unspecified atom stereocenters. The quantitative estimate of drug-likeness (QED) is 0.377. The maximum atomic E-state index is 12.1. The van der Waals surface area contributed by atoms with E-state index in [0.29, 0.717) is 6.42 Å². The Hall–Kier alpha value is -3.44. The van der Waals surface area contributed by atoms with Crippen molar-refractivity contribution in [3.05, 3.63) is 107 Å². The van der Waals surface area contributed by atoms with Gasteiger partial charge in [-0.1, -0.05) is 84.9 Å². The first-order valence-electron chi connectivity index (χ1n) is 11.0. The molecule has 5 nitrogen and oxygen atoms in total. The molecule has 5 heteroatoms. The standard InChI is InChI=1S/C27H30N2O3/c28-25(19-23-13-5-2-6-14-23)27(31)32-29-26(30)20-24-17-15-22(16-18-24)12-8-7-11-21-9-3-1-4-10-21/h1-6,9-10,13-18,25H,7-8,11-12,19-20,28H2,(H,29,30). The number of hydrogen-bond acceptors (Lipinski definition) is 4. The van der Waals surface area contributed by atoms with Gasteiger partial charge in [-0.05, 0) is 54.4 Å². The zero-order valence-corrected chi connectivity index (χ0v) is 18.2. The number of hydroxylamine groups is 1. The molecule has 0 aliphatic rings. The van der Waals surface area contributed by atoms with E-state index in [0.717, 1.165) is 36.8 Å². The zero-order valence-electron chi connectivity index (χ0n) is 18.2. The molecule has 3 N–H and O–H groups in total. The lowest BCUT2D eigenvalue weighted by Crippen LogP contribution is -2.39. The van der Waals surface area contributed by atoms with Crippen molar-refractivity contribution in [3.63, 3.8) is 0 Å². The smallest absolute Gasteiger partial charge is 0.339 e. The second kappa shape index (κ2) is 12.4. The maximum absolute atomic E-state index is 12.1. The lowest BCUT2D eigenvalue weighted by atomic mass is 10.0. The summed E-state index contributed by atoms with van der Waals surface area (Å²) in [6.45, 7) is 0. The largest absolute Gasteiger partial charge is 0.349 e. The monoisotopic (exact) mass is 430 g/mol. The highest BCUT2D eigenvalue weighted by Crippen LogP contribution is 2.11. The molecular weight excluding hydrogens is 400 g/mol. The van der Waals surface area contributed by atoms with Gasteiger partial charge in [0.1, 0.15) is 6.04 Å². The number of carbonyl (C=O) groups is 2. The molecule has 0 spiro atoms. The Morgan fingerprint density at radius 2 is 1.22 bits per heavy atom. The Kier molecular flexibility index (Phi) is 9.02. The number of amides is 1. The van der Waals surface area contributed by atoms with Crippen LogP contribution in [-0.2, 0) is 40.1 Å². The van der Waals surface area contributed by atoms with Gasteiger partial charge in [0.05, 0.1) is 6.42 Å². The van der Waals surface area contributed by atoms with Crippen molar-refractivity contribution in [2.24, 2.45) is 5.73 Å². The number of rotatable bonds is 10. The molecule has 0 saturated heterocycles. The molecule has 0 aliphatic carbocycles. The van der Waals surface area contributed by atoms with Crippen LogP contribution in [0.4, 0.5) is 0 Å². The molecule has 3 aromatic rings. The van der Waals surface area contributed by atoms with Crippen LogP contribution in [0.5, 0.6) is 0 Å². The van der Waals surface area contributed by atoms with E-state index in [1.165, 1.54) is 11.1 Å². The van der Waals surface area contributed by atoms with Crippen molar-refractivity contribution in [2.45, 2.75) is 44.6 Å². The first-order chi connectivity index (χ1) is 15.6. The van der Waals surface area contributed by atoms with E-state index < -0.39 is 12.0 Å². The van der Waals surface area contributed by atoms with Gasteiger partial charge in [-0.3, -0.25) is 4.79 Å². The normalized spacial score (nSPS) is 11.5. The number of nitrogens with two attached hydrogens (primary N) is 1. The van der Waals surface area contributed by atoms with Crippen LogP contribution < -0.4 is 11.2 Å². The fourth-order valence-corrected chi connectivity index (χ4v) is 3.48. The van der Waals surface area contributed by atoms with Gasteiger partial charge in [-0.15, -0.1) is 0 Å². The SMILES string of the molecule is NC(Cc1ccccc1)C(=O)ONC(=O)Cc1ccc(CCCCc2ccccc2)cc1. The number of hydrogen-bond donors (Lipinski definition) is 2. The summed E-state index contributed by atoms with van der Waals surface area (Å²) in [5, 5.41) is 0. The first-order valence-corrected chi connectivity index (χ1v) is 11.0. The van der Waals surface area contributed by atoms with Crippen LogP contribution in [0.15, 0.2) is 84.9 Å². The molecule has 0 fully saturated rings. The summed E-state index contributed by atoms with van der Waals surface area (Å²) in [4.78, 5) is 29.0. The molecule has 0 aromatic heterocycles. The van der Waals surface area contributed by atoms with E-state index in [4.69, 9.17) is 10.6 Å². The van der Waals surface area contributed by atoms with Gasteiger partial charge in [-0.2, -0.15) is 5.48 Å². The van der Waals surface area contributed by atoms with Crippen LogP contribution in [0.25, 0.3) is 0 Å². The van der Waals surface area contributed by atoms with Crippen LogP contribution >= 0.6 is 0 Å². The summed E-state index contributed by atoms with van der Waals surface area (Å²) < 4.78 is 0. The summed E-state index contributed by atoms with van der Waals surface area (Å²) in [7, 11) is 0. The highest BCUT2D eigenvalue weighted by atomic mass is 16.7. The van der Waals surface area contributed by atoms with Gasteiger partial charge in [0.25, 0.3) is 5.91 Å². The molecule has 166 valence electrons. The summed E-state index contributed by atoms with van der Waals surface area (Å²) in [6.07, 6.45) is 4.85. The van der Waals surface area contributed by atoms with Crippen LogP contribution in [0.3, 0.4) is 0 Å². The van der Waals surface area contributed by atoms with Crippen LogP contribution in [-0.4, -0.2) is 17.9 Å². The predicted octanol–water partition coefficient (Wildman–Crippen LogP) is 3.94. The lowest BCUT2D eigenvalue weighted by Gasteiger charge is -2.11. The van der Waals surface area contributed by atoms with E-state index in [1.807, 2.05) is 60.7 Å². The van der Waals surface area contributed by atoms with Crippen molar-refractivity contribution >= 4 is 11.9 Å². The van der Waals surface area contributed by atoms with Crippen LogP contribution in [0, 0.1) is 0 Å². The van der Waals surface area contributed by atoms with E-state index in [9.17, 15) is 9.59 Å². The molecule has 1 amide bonds. The molecule has 0 bridgehead atoms. The average Bonchev–Trinajstić information content (AvgIpc) is 2.82. The lowest BCUT2D eigenvalue weighted by molar-refractivity contribution is -0.159. The van der Waals surface area contributed by atoms with Crippen molar-refractivity contribution < 1.29 is 14.4 Å². The number of unbranched alkanes of at least 4 members (excludes halogenated alkanes) is 1. The molecule has 1 atom stereocenters. The number of benzene rings is 3. The minimum Gasteiger partial charge on any atom is -0.339 e. The van der Waals surface area contributed by atoms with Crippen molar-refractivity contribution in [1.82, 2.24) is 5.48 Å². The minimum absolute atomic E-state index is 0.134. The van der Waals surface area contributed by atoms with E-state index in [2.05, 4.69) is 29.7 Å². The van der Waals surface area contributed by atoms with Gasteiger partial charge in [0.2, 0.25) is 0 Å². The topological polar surface area (TPSA) is 81.4 Å². The summed E-state index contributed by atoms with van der Waals surface area (Å²) in [6, 6.07) is 27.1. The van der Waals surface area contributed by atoms with Gasteiger partial charge < -0.3 is 10.6 Å².